The highest BCUT2D eigenvalue weighted by molar-refractivity contribution is 6.00. The van der Waals surface area contributed by atoms with Gasteiger partial charge in [-0.25, -0.2) is 0 Å². The summed E-state index contributed by atoms with van der Waals surface area (Å²) < 4.78 is 16.4. The van der Waals surface area contributed by atoms with Crippen LogP contribution in [-0.4, -0.2) is 75.7 Å². The largest absolute Gasteiger partial charge is 0.496 e. The third kappa shape index (κ3) is 6.01. The molecule has 2 saturated heterocycles. The van der Waals surface area contributed by atoms with Gasteiger partial charge in [-0.1, -0.05) is 43.2 Å². The number of fused-ring (bicyclic) bond motifs is 1. The van der Waals surface area contributed by atoms with E-state index in [4.69, 9.17) is 14.2 Å². The number of hydrogen-bond acceptors (Lipinski definition) is 6. The van der Waals surface area contributed by atoms with Crippen molar-refractivity contribution in [3.05, 3.63) is 53.6 Å². The zero-order valence-corrected chi connectivity index (χ0v) is 23.4. The molecule has 2 heterocycles. The Morgan fingerprint density at radius 1 is 0.897 bits per heavy atom. The zero-order valence-electron chi connectivity index (χ0n) is 23.4. The number of methoxy groups -OCH3 is 3. The van der Waals surface area contributed by atoms with Gasteiger partial charge in [0.05, 0.1) is 27.4 Å². The van der Waals surface area contributed by atoms with Gasteiger partial charge in [0.2, 0.25) is 5.91 Å². The highest BCUT2D eigenvalue weighted by atomic mass is 16.5. The molecule has 3 atom stereocenters. The summed E-state index contributed by atoms with van der Waals surface area (Å²) in [7, 11) is 4.69. The number of hydrogen-bond donors (Lipinski definition) is 1. The minimum Gasteiger partial charge on any atom is -0.496 e. The standard InChI is InChI=1S/C31H41N3O5/c1-37-25-15-27(38-2)29(28(16-25)39-3)31(36)34-19-23-17-33(18-24(23)20-34)14-13-26(21-9-5-4-6-10-21)32-30(35)22-11-7-8-12-22/h4-6,9-10,15-16,22-24,26H,7-8,11-14,17-20H2,1-3H3,(H,32,35)/t23-,24?,26?/m0/s1. The van der Waals surface area contributed by atoms with Crippen molar-refractivity contribution < 1.29 is 23.8 Å². The average molecular weight is 536 g/mol. The molecule has 0 aromatic heterocycles. The summed E-state index contributed by atoms with van der Waals surface area (Å²) in [6.45, 7) is 4.29. The first-order valence-electron chi connectivity index (χ1n) is 14.2. The molecule has 2 amide bonds. The molecule has 0 spiro atoms. The predicted octanol–water partition coefficient (Wildman–Crippen LogP) is 4.15. The van der Waals surface area contributed by atoms with E-state index < -0.39 is 0 Å². The SMILES string of the molecule is COc1cc(OC)c(C(=O)N2CC3CN(CCC(NC(=O)C4CCCC4)c4ccccc4)C[C@H]3C2)c(OC)c1. The van der Waals surface area contributed by atoms with Gasteiger partial charge in [0, 0.05) is 50.8 Å². The number of amides is 2. The summed E-state index contributed by atoms with van der Waals surface area (Å²) in [5.74, 6) is 2.68. The van der Waals surface area contributed by atoms with Crippen molar-refractivity contribution in [1.29, 1.82) is 0 Å². The summed E-state index contributed by atoms with van der Waals surface area (Å²) in [6, 6.07) is 13.8. The quantitative estimate of drug-likeness (QED) is 0.492. The van der Waals surface area contributed by atoms with Crippen molar-refractivity contribution >= 4 is 11.8 Å². The zero-order chi connectivity index (χ0) is 27.4. The lowest BCUT2D eigenvalue weighted by Gasteiger charge is -2.26. The highest BCUT2D eigenvalue weighted by Gasteiger charge is 2.42. The molecule has 210 valence electrons. The second-order valence-electron chi connectivity index (χ2n) is 11.1. The molecular formula is C31H41N3O5. The Hall–Kier alpha value is -3.26. The molecular weight excluding hydrogens is 494 g/mol. The Morgan fingerprint density at radius 2 is 1.51 bits per heavy atom. The number of rotatable bonds is 10. The van der Waals surface area contributed by atoms with Crippen LogP contribution < -0.4 is 19.5 Å². The minimum absolute atomic E-state index is 0.0211. The van der Waals surface area contributed by atoms with Crippen molar-refractivity contribution in [2.75, 3.05) is 54.1 Å². The van der Waals surface area contributed by atoms with Crippen LogP contribution in [0.4, 0.5) is 0 Å². The van der Waals surface area contributed by atoms with Crippen molar-refractivity contribution in [2.45, 2.75) is 38.1 Å². The average Bonchev–Trinajstić information content (AvgIpc) is 3.72. The molecule has 0 bridgehead atoms. The van der Waals surface area contributed by atoms with Crippen LogP contribution in [0.3, 0.4) is 0 Å². The minimum atomic E-state index is -0.0638. The molecule has 39 heavy (non-hydrogen) atoms. The third-order valence-corrected chi connectivity index (χ3v) is 8.76. The van der Waals surface area contributed by atoms with E-state index in [0.717, 1.165) is 64.8 Å². The van der Waals surface area contributed by atoms with Gasteiger partial charge in [0.15, 0.2) is 0 Å². The van der Waals surface area contributed by atoms with Crippen LogP contribution in [0.15, 0.2) is 42.5 Å². The second-order valence-corrected chi connectivity index (χ2v) is 11.1. The number of nitrogens with zero attached hydrogens (tertiary/aromatic N) is 2. The molecule has 1 saturated carbocycles. The summed E-state index contributed by atoms with van der Waals surface area (Å²) >= 11 is 0. The van der Waals surface area contributed by atoms with Gasteiger partial charge < -0.3 is 29.3 Å². The fourth-order valence-electron chi connectivity index (χ4n) is 6.61. The molecule has 2 aromatic rings. The molecule has 0 radical (unpaired) electrons. The molecule has 1 N–H and O–H groups in total. The first-order chi connectivity index (χ1) is 19.0. The maximum atomic E-state index is 13.6. The van der Waals surface area contributed by atoms with Crippen LogP contribution in [0.1, 0.15) is 54.1 Å². The third-order valence-electron chi connectivity index (χ3n) is 8.76. The summed E-state index contributed by atoms with van der Waals surface area (Å²) in [5.41, 5.74) is 1.61. The first kappa shape index (κ1) is 27.3. The number of carbonyl (C=O) groups excluding carboxylic acids is 2. The maximum Gasteiger partial charge on any atom is 0.261 e. The molecule has 2 aliphatic heterocycles. The summed E-state index contributed by atoms with van der Waals surface area (Å²) in [5, 5.41) is 3.37. The van der Waals surface area contributed by atoms with Gasteiger partial charge >= 0.3 is 0 Å². The monoisotopic (exact) mass is 535 g/mol. The normalized spacial score (nSPS) is 22.0. The molecule has 2 unspecified atom stereocenters. The Bertz CT molecular complexity index is 1110. The lowest BCUT2D eigenvalue weighted by molar-refractivity contribution is -0.125. The smallest absolute Gasteiger partial charge is 0.261 e. The Labute approximate surface area is 231 Å². The molecule has 3 aliphatic rings. The van der Waals surface area contributed by atoms with Crippen LogP contribution in [-0.2, 0) is 4.79 Å². The molecule has 8 nitrogen and oxygen atoms in total. The number of nitrogens with one attached hydrogen (secondary N) is 1. The Balaban J connectivity index is 1.19. The number of likely N-dealkylation sites (tertiary alicyclic amines) is 2. The topological polar surface area (TPSA) is 80.3 Å². The van der Waals surface area contributed by atoms with E-state index >= 15 is 0 Å². The molecule has 3 fully saturated rings. The maximum absolute atomic E-state index is 13.6. The summed E-state index contributed by atoms with van der Waals surface area (Å²) in [6.07, 6.45) is 5.20. The molecule has 8 heteroatoms. The molecule has 5 rings (SSSR count). The van der Waals surface area contributed by atoms with Crippen LogP contribution in [0.5, 0.6) is 17.2 Å². The van der Waals surface area contributed by atoms with Crippen LogP contribution >= 0.6 is 0 Å². The molecule has 1 aliphatic carbocycles. The summed E-state index contributed by atoms with van der Waals surface area (Å²) in [4.78, 5) is 31.0. The van der Waals surface area contributed by atoms with Gasteiger partial charge in [-0.05, 0) is 36.7 Å². The number of benzene rings is 2. The molecule has 2 aromatic carbocycles. The van der Waals surface area contributed by atoms with Gasteiger partial charge in [0.25, 0.3) is 5.91 Å². The number of carbonyl (C=O) groups is 2. The van der Waals surface area contributed by atoms with Gasteiger partial charge in [0.1, 0.15) is 22.8 Å². The van der Waals surface area contributed by atoms with E-state index in [-0.39, 0.29) is 23.8 Å². The van der Waals surface area contributed by atoms with Crippen molar-refractivity contribution in [3.63, 3.8) is 0 Å². The lowest BCUT2D eigenvalue weighted by atomic mass is 10.0. The highest BCUT2D eigenvalue weighted by Crippen LogP contribution is 2.38. The van der Waals surface area contributed by atoms with Gasteiger partial charge in [-0.15, -0.1) is 0 Å². The van der Waals surface area contributed by atoms with E-state index in [9.17, 15) is 9.59 Å². The van der Waals surface area contributed by atoms with Crippen molar-refractivity contribution in [2.24, 2.45) is 17.8 Å². The number of ether oxygens (including phenoxy) is 3. The van der Waals surface area contributed by atoms with Gasteiger partial charge in [-0.2, -0.15) is 0 Å². The fraction of sp³-hybridized carbons (Fsp3) is 0.548. The Kier molecular flexibility index (Phi) is 8.60. The van der Waals surface area contributed by atoms with Crippen LogP contribution in [0, 0.1) is 17.8 Å². The van der Waals surface area contributed by atoms with E-state index in [2.05, 4.69) is 22.3 Å². The van der Waals surface area contributed by atoms with Crippen LogP contribution in [0.25, 0.3) is 0 Å². The fourth-order valence-corrected chi connectivity index (χ4v) is 6.61. The van der Waals surface area contributed by atoms with Crippen molar-refractivity contribution in [3.8, 4) is 17.2 Å². The predicted molar refractivity (Wildman–Crippen MR) is 149 cm³/mol. The van der Waals surface area contributed by atoms with E-state index in [0.29, 0.717) is 34.6 Å². The van der Waals surface area contributed by atoms with E-state index in [1.54, 1.807) is 33.5 Å². The van der Waals surface area contributed by atoms with Crippen molar-refractivity contribution in [1.82, 2.24) is 15.1 Å². The van der Waals surface area contributed by atoms with Crippen LogP contribution in [0.2, 0.25) is 0 Å². The first-order valence-corrected chi connectivity index (χ1v) is 14.2. The lowest BCUT2D eigenvalue weighted by Crippen LogP contribution is -2.36. The van der Waals surface area contributed by atoms with E-state index in [1.165, 1.54) is 5.56 Å². The Morgan fingerprint density at radius 3 is 2.08 bits per heavy atom. The van der Waals surface area contributed by atoms with Gasteiger partial charge in [-0.3, -0.25) is 9.59 Å². The van der Waals surface area contributed by atoms with E-state index in [1.807, 2.05) is 23.1 Å². The second kappa shape index (κ2) is 12.3.